The molecule has 0 spiro atoms. The van der Waals surface area contributed by atoms with Crippen LogP contribution in [0.5, 0.6) is 0 Å². The van der Waals surface area contributed by atoms with Crippen LogP contribution in [-0.4, -0.2) is 36.5 Å². The van der Waals surface area contributed by atoms with Crippen molar-refractivity contribution in [3.63, 3.8) is 0 Å². The maximum Gasteiger partial charge on any atom is 0.514 e. The van der Waals surface area contributed by atoms with E-state index in [1.54, 1.807) is 33.8 Å². The van der Waals surface area contributed by atoms with Gasteiger partial charge in [-0.25, -0.2) is 4.79 Å². The summed E-state index contributed by atoms with van der Waals surface area (Å²) in [4.78, 5) is 23.4. The predicted molar refractivity (Wildman–Crippen MR) is 93.8 cm³/mol. The van der Waals surface area contributed by atoms with Crippen molar-refractivity contribution in [1.29, 1.82) is 0 Å². The second-order valence-corrected chi connectivity index (χ2v) is 6.27. The molecule has 1 heterocycles. The van der Waals surface area contributed by atoms with E-state index in [1.165, 1.54) is 6.08 Å². The largest absolute Gasteiger partial charge is 0.514 e. The molecule has 0 N–H and O–H groups in total. The molecule has 0 aromatic carbocycles. The first kappa shape index (κ1) is 20.9. The summed E-state index contributed by atoms with van der Waals surface area (Å²) in [5.74, 6) is -0.787. The van der Waals surface area contributed by atoms with Crippen LogP contribution < -0.4 is 0 Å². The standard InChI is InChI=1S/C19H26O6/c1-8-9-22-18(21)23-14(5)13(4)10-16-17(11-15(20)12(2)3)25-19(6,7)24-16/h8,10,16-17H,1-2,5,9,11H2,3-4,6-7H3/b13-10+/t16-,17-/m0/s1. The van der Waals surface area contributed by atoms with E-state index in [0.29, 0.717) is 11.1 Å². The Morgan fingerprint density at radius 2 is 1.84 bits per heavy atom. The Hall–Kier alpha value is -2.18. The van der Waals surface area contributed by atoms with Crippen molar-refractivity contribution < 1.29 is 28.5 Å². The monoisotopic (exact) mass is 350 g/mol. The molecule has 0 aromatic heterocycles. The molecule has 1 fully saturated rings. The lowest BCUT2D eigenvalue weighted by molar-refractivity contribution is -0.145. The summed E-state index contributed by atoms with van der Waals surface area (Å²) < 4.78 is 21.3. The van der Waals surface area contributed by atoms with E-state index in [-0.39, 0.29) is 24.6 Å². The van der Waals surface area contributed by atoms with Crippen molar-refractivity contribution in [2.24, 2.45) is 0 Å². The van der Waals surface area contributed by atoms with Crippen LogP contribution in [-0.2, 0) is 23.7 Å². The minimum absolute atomic E-state index is 0.0493. The molecule has 1 aliphatic heterocycles. The maximum atomic E-state index is 12.0. The third kappa shape index (κ3) is 6.68. The van der Waals surface area contributed by atoms with Gasteiger partial charge in [-0.05, 0) is 44.9 Å². The smallest absolute Gasteiger partial charge is 0.430 e. The molecular formula is C19H26O6. The zero-order chi connectivity index (χ0) is 19.2. The van der Waals surface area contributed by atoms with E-state index in [9.17, 15) is 9.59 Å². The first-order chi connectivity index (χ1) is 11.6. The summed E-state index contributed by atoms with van der Waals surface area (Å²) >= 11 is 0. The second-order valence-electron chi connectivity index (χ2n) is 6.27. The van der Waals surface area contributed by atoms with E-state index in [0.717, 1.165) is 0 Å². The van der Waals surface area contributed by atoms with Gasteiger partial charge in [0.15, 0.2) is 11.6 Å². The molecule has 6 heteroatoms. The highest BCUT2D eigenvalue weighted by Crippen LogP contribution is 2.32. The van der Waals surface area contributed by atoms with Crippen molar-refractivity contribution in [3.05, 3.63) is 48.8 Å². The Kier molecular flexibility index (Phi) is 7.33. The number of carbonyl (C=O) groups is 2. The van der Waals surface area contributed by atoms with Crippen LogP contribution >= 0.6 is 0 Å². The maximum absolute atomic E-state index is 12.0. The number of hydrogen-bond acceptors (Lipinski definition) is 6. The molecule has 6 nitrogen and oxygen atoms in total. The predicted octanol–water partition coefficient (Wildman–Crippen LogP) is 3.84. The van der Waals surface area contributed by atoms with Crippen LogP contribution in [0.15, 0.2) is 48.8 Å². The number of ether oxygens (including phenoxy) is 4. The van der Waals surface area contributed by atoms with Gasteiger partial charge >= 0.3 is 6.16 Å². The van der Waals surface area contributed by atoms with Crippen molar-refractivity contribution >= 4 is 11.9 Å². The number of ketones is 1. The Morgan fingerprint density at radius 1 is 1.20 bits per heavy atom. The van der Waals surface area contributed by atoms with Crippen molar-refractivity contribution in [3.8, 4) is 0 Å². The van der Waals surface area contributed by atoms with Crippen LogP contribution in [0.2, 0.25) is 0 Å². The SMILES string of the molecule is C=CCOC(=O)OC(=C)/C(C)=C/[C@@H]1OC(C)(C)O[C@H]1CC(=O)C(=C)C. The molecule has 0 radical (unpaired) electrons. The first-order valence-corrected chi connectivity index (χ1v) is 7.93. The van der Waals surface area contributed by atoms with Crippen LogP contribution in [0.25, 0.3) is 0 Å². The molecule has 1 aliphatic rings. The summed E-state index contributed by atoms with van der Waals surface area (Å²) in [5.41, 5.74) is 1.04. The second kappa shape index (κ2) is 8.78. The van der Waals surface area contributed by atoms with E-state index < -0.39 is 24.2 Å². The van der Waals surface area contributed by atoms with E-state index in [1.807, 2.05) is 0 Å². The van der Waals surface area contributed by atoms with Gasteiger partial charge in [0.1, 0.15) is 18.5 Å². The van der Waals surface area contributed by atoms with Crippen LogP contribution in [0.4, 0.5) is 4.79 Å². The minimum Gasteiger partial charge on any atom is -0.430 e. The zero-order valence-electron chi connectivity index (χ0n) is 15.3. The van der Waals surface area contributed by atoms with Gasteiger partial charge in [-0.1, -0.05) is 25.8 Å². The molecule has 1 rings (SSSR count). The normalized spacial score (nSPS) is 22.2. The van der Waals surface area contributed by atoms with Gasteiger partial charge in [0.05, 0.1) is 6.10 Å². The molecule has 0 unspecified atom stereocenters. The highest BCUT2D eigenvalue weighted by molar-refractivity contribution is 5.94. The molecule has 1 saturated heterocycles. The average Bonchev–Trinajstić information content (AvgIpc) is 2.78. The van der Waals surface area contributed by atoms with Gasteiger partial charge in [-0.2, -0.15) is 0 Å². The van der Waals surface area contributed by atoms with Crippen molar-refractivity contribution in [1.82, 2.24) is 0 Å². The fraction of sp³-hybridized carbons (Fsp3) is 0.474. The van der Waals surface area contributed by atoms with Gasteiger partial charge in [0.25, 0.3) is 0 Å². The Labute approximate surface area is 148 Å². The Morgan fingerprint density at radius 3 is 2.40 bits per heavy atom. The summed E-state index contributed by atoms with van der Waals surface area (Å²) in [7, 11) is 0. The number of rotatable bonds is 8. The molecular weight excluding hydrogens is 324 g/mol. The van der Waals surface area contributed by atoms with Crippen LogP contribution in [0.3, 0.4) is 0 Å². The number of hydrogen-bond donors (Lipinski definition) is 0. The van der Waals surface area contributed by atoms with Crippen molar-refractivity contribution in [2.45, 2.75) is 52.1 Å². The lowest BCUT2D eigenvalue weighted by Gasteiger charge is -2.16. The summed E-state index contributed by atoms with van der Waals surface area (Å²) in [6.07, 6.45) is 1.49. The van der Waals surface area contributed by atoms with Crippen LogP contribution in [0.1, 0.15) is 34.1 Å². The third-order valence-corrected chi connectivity index (χ3v) is 3.46. The summed E-state index contributed by atoms with van der Waals surface area (Å²) in [6.45, 7) is 17.8. The fourth-order valence-corrected chi connectivity index (χ4v) is 2.20. The molecule has 138 valence electrons. The van der Waals surface area contributed by atoms with Gasteiger partial charge in [0.2, 0.25) is 0 Å². The van der Waals surface area contributed by atoms with E-state index in [4.69, 9.17) is 18.9 Å². The number of allylic oxidation sites excluding steroid dienone is 2. The van der Waals surface area contributed by atoms with Gasteiger partial charge in [-0.15, -0.1) is 0 Å². The minimum atomic E-state index is -0.865. The molecule has 2 atom stereocenters. The lowest BCUT2D eigenvalue weighted by Crippen LogP contribution is -2.25. The summed E-state index contributed by atoms with van der Waals surface area (Å²) in [6, 6.07) is 0. The first-order valence-electron chi connectivity index (χ1n) is 7.93. The molecule has 0 aromatic rings. The molecule has 25 heavy (non-hydrogen) atoms. The third-order valence-electron chi connectivity index (χ3n) is 3.46. The highest BCUT2D eigenvalue weighted by Gasteiger charge is 2.41. The average molecular weight is 350 g/mol. The quantitative estimate of drug-likeness (QED) is 0.218. The Bertz CT molecular complexity index is 599. The lowest BCUT2D eigenvalue weighted by atomic mass is 10.0. The molecule has 0 saturated carbocycles. The van der Waals surface area contributed by atoms with Gasteiger partial charge < -0.3 is 18.9 Å². The molecule has 0 amide bonds. The number of Topliss-reactive ketones (excluding diaryl/α,β-unsaturated/α-hetero) is 1. The van der Waals surface area contributed by atoms with Gasteiger partial charge in [0, 0.05) is 6.42 Å². The Balaban J connectivity index is 2.80. The van der Waals surface area contributed by atoms with E-state index >= 15 is 0 Å². The van der Waals surface area contributed by atoms with E-state index in [2.05, 4.69) is 19.7 Å². The number of carbonyl (C=O) groups excluding carboxylic acids is 2. The topological polar surface area (TPSA) is 71.1 Å². The van der Waals surface area contributed by atoms with Gasteiger partial charge in [-0.3, -0.25) is 4.79 Å². The molecule has 0 aliphatic carbocycles. The van der Waals surface area contributed by atoms with Crippen molar-refractivity contribution in [2.75, 3.05) is 6.61 Å². The zero-order valence-corrected chi connectivity index (χ0v) is 15.3. The van der Waals surface area contributed by atoms with Crippen LogP contribution in [0, 0.1) is 0 Å². The fourth-order valence-electron chi connectivity index (χ4n) is 2.20. The highest BCUT2D eigenvalue weighted by atomic mass is 16.8. The molecule has 0 bridgehead atoms. The summed E-state index contributed by atoms with van der Waals surface area (Å²) in [5, 5.41) is 0.